The van der Waals surface area contributed by atoms with Crippen LogP contribution in [0, 0.1) is 5.92 Å². The third kappa shape index (κ3) is 3.95. The zero-order valence-electron chi connectivity index (χ0n) is 13.6. The zero-order chi connectivity index (χ0) is 16.9. The Morgan fingerprint density at radius 1 is 1.21 bits per heavy atom. The molecule has 0 spiro atoms. The lowest BCUT2D eigenvalue weighted by atomic mass is 9.97. The van der Waals surface area contributed by atoms with Crippen LogP contribution in [0.15, 0.2) is 9.32 Å². The Hall–Kier alpha value is -2.32. The Kier molecular flexibility index (Phi) is 5.17. The van der Waals surface area contributed by atoms with E-state index in [1.165, 1.54) is 0 Å². The number of likely N-dealkylation sites (tertiary alicyclic amines) is 2. The Labute approximate surface area is 139 Å². The second-order valence-corrected chi connectivity index (χ2v) is 6.34. The van der Waals surface area contributed by atoms with Gasteiger partial charge in [0.15, 0.2) is 5.82 Å². The molecule has 1 aromatic rings. The quantitative estimate of drug-likeness (QED) is 0.800. The van der Waals surface area contributed by atoms with Crippen LogP contribution < -0.4 is 11.1 Å². The largest absolute Gasteiger partial charge is 0.438 e. The summed E-state index contributed by atoms with van der Waals surface area (Å²) in [6.07, 6.45) is 4.16. The number of H-pyrrole nitrogens is 1. The molecular formula is C15H23N5O4. The Bertz CT molecular complexity index is 634. The number of carbonyl (C=O) groups is 2. The van der Waals surface area contributed by atoms with Crippen LogP contribution >= 0.6 is 0 Å². The van der Waals surface area contributed by atoms with Crippen LogP contribution in [0.4, 0.5) is 4.79 Å². The van der Waals surface area contributed by atoms with Gasteiger partial charge in [-0.25, -0.2) is 9.59 Å². The molecule has 1 atom stereocenters. The van der Waals surface area contributed by atoms with Crippen molar-refractivity contribution in [1.82, 2.24) is 25.3 Å². The molecule has 0 aliphatic carbocycles. The van der Waals surface area contributed by atoms with Gasteiger partial charge in [0.05, 0.1) is 5.92 Å². The molecule has 2 aliphatic heterocycles. The van der Waals surface area contributed by atoms with Gasteiger partial charge in [0, 0.05) is 39.1 Å². The minimum atomic E-state index is -0.598. The van der Waals surface area contributed by atoms with Crippen LogP contribution in [-0.4, -0.2) is 64.6 Å². The highest BCUT2D eigenvalue weighted by atomic mass is 16.5. The Morgan fingerprint density at radius 2 is 1.96 bits per heavy atom. The molecule has 0 radical (unpaired) electrons. The summed E-state index contributed by atoms with van der Waals surface area (Å²) in [5, 5.41) is 6.40. The molecule has 2 N–H and O–H groups in total. The van der Waals surface area contributed by atoms with Crippen molar-refractivity contribution < 1.29 is 14.1 Å². The van der Waals surface area contributed by atoms with E-state index in [1.54, 1.807) is 4.90 Å². The summed E-state index contributed by atoms with van der Waals surface area (Å²) in [6, 6.07) is 0.0603. The van der Waals surface area contributed by atoms with Crippen molar-refractivity contribution >= 4 is 11.9 Å². The highest BCUT2D eigenvalue weighted by Crippen LogP contribution is 2.19. The third-order valence-electron chi connectivity index (χ3n) is 4.59. The smallest absolute Gasteiger partial charge is 0.355 e. The first-order valence-electron chi connectivity index (χ1n) is 8.50. The highest BCUT2D eigenvalue weighted by Gasteiger charge is 2.31. The first-order chi connectivity index (χ1) is 11.6. The molecule has 3 heterocycles. The number of carbonyl (C=O) groups excluding carboxylic acids is 2. The average Bonchev–Trinajstić information content (AvgIpc) is 3.26. The maximum absolute atomic E-state index is 12.4. The molecule has 0 bridgehead atoms. The number of amides is 3. The van der Waals surface area contributed by atoms with E-state index in [4.69, 9.17) is 0 Å². The number of rotatable bonds is 4. The van der Waals surface area contributed by atoms with Gasteiger partial charge in [-0.3, -0.25) is 14.3 Å². The normalized spacial score (nSPS) is 21.1. The van der Waals surface area contributed by atoms with Crippen molar-refractivity contribution in [1.29, 1.82) is 0 Å². The zero-order valence-corrected chi connectivity index (χ0v) is 13.6. The molecule has 132 valence electrons. The third-order valence-corrected chi connectivity index (χ3v) is 4.59. The Balaban J connectivity index is 1.45. The predicted molar refractivity (Wildman–Crippen MR) is 84.3 cm³/mol. The fraction of sp³-hybridized carbons (Fsp3) is 0.733. The summed E-state index contributed by atoms with van der Waals surface area (Å²) in [5.74, 6) is -0.420. The summed E-state index contributed by atoms with van der Waals surface area (Å²) in [6.45, 7) is 3.21. The maximum atomic E-state index is 12.4. The van der Waals surface area contributed by atoms with Crippen molar-refractivity contribution in [3.8, 4) is 0 Å². The molecule has 3 rings (SSSR count). The van der Waals surface area contributed by atoms with Crippen LogP contribution in [0.2, 0.25) is 0 Å². The van der Waals surface area contributed by atoms with E-state index in [1.807, 2.05) is 4.90 Å². The van der Waals surface area contributed by atoms with E-state index in [0.29, 0.717) is 25.3 Å². The van der Waals surface area contributed by atoms with E-state index in [2.05, 4.69) is 20.0 Å². The van der Waals surface area contributed by atoms with Gasteiger partial charge in [-0.15, -0.1) is 0 Å². The van der Waals surface area contributed by atoms with E-state index < -0.39 is 5.76 Å². The molecule has 1 aromatic heterocycles. The number of aromatic nitrogens is 2. The first-order valence-corrected chi connectivity index (χ1v) is 8.50. The van der Waals surface area contributed by atoms with Gasteiger partial charge in [-0.05, 0) is 25.7 Å². The summed E-state index contributed by atoms with van der Waals surface area (Å²) in [4.78, 5) is 41.7. The van der Waals surface area contributed by atoms with Crippen molar-refractivity contribution in [2.24, 2.45) is 5.92 Å². The van der Waals surface area contributed by atoms with Crippen LogP contribution in [0.5, 0.6) is 0 Å². The summed E-state index contributed by atoms with van der Waals surface area (Å²) in [7, 11) is 0. The van der Waals surface area contributed by atoms with Crippen LogP contribution in [0.1, 0.15) is 31.5 Å². The van der Waals surface area contributed by atoms with E-state index in [9.17, 15) is 14.4 Å². The fourth-order valence-electron chi connectivity index (χ4n) is 3.29. The monoisotopic (exact) mass is 337 g/mol. The minimum absolute atomic E-state index is 0.0558. The first kappa shape index (κ1) is 16.5. The van der Waals surface area contributed by atoms with Gasteiger partial charge in [-0.1, -0.05) is 5.16 Å². The van der Waals surface area contributed by atoms with Crippen molar-refractivity contribution in [2.45, 2.75) is 32.1 Å². The van der Waals surface area contributed by atoms with Gasteiger partial charge in [0.25, 0.3) is 0 Å². The molecule has 2 aliphatic rings. The highest BCUT2D eigenvalue weighted by molar-refractivity contribution is 5.81. The van der Waals surface area contributed by atoms with Gasteiger partial charge >= 0.3 is 11.8 Å². The molecule has 3 amide bonds. The maximum Gasteiger partial charge on any atom is 0.438 e. The lowest BCUT2D eigenvalue weighted by Crippen LogP contribution is -2.49. The standard InChI is InChI=1S/C15H23N5O4/c21-13(16-6-5-12-17-14(22)24-18-12)11-4-3-9-20(10-11)15(23)19-7-1-2-8-19/h11H,1-10H2,(H,16,21)(H,17,18,22). The van der Waals surface area contributed by atoms with E-state index >= 15 is 0 Å². The number of hydrogen-bond acceptors (Lipinski definition) is 5. The number of urea groups is 1. The van der Waals surface area contributed by atoms with Crippen molar-refractivity contribution in [3.63, 3.8) is 0 Å². The van der Waals surface area contributed by atoms with Crippen LogP contribution in [-0.2, 0) is 11.2 Å². The molecule has 0 saturated carbocycles. The molecule has 2 fully saturated rings. The van der Waals surface area contributed by atoms with Gasteiger partial charge in [-0.2, -0.15) is 0 Å². The van der Waals surface area contributed by atoms with Crippen LogP contribution in [0.25, 0.3) is 0 Å². The number of nitrogens with zero attached hydrogens (tertiary/aromatic N) is 3. The lowest BCUT2D eigenvalue weighted by Gasteiger charge is -2.34. The Morgan fingerprint density at radius 3 is 2.67 bits per heavy atom. The predicted octanol–water partition coefficient (Wildman–Crippen LogP) is -0.0506. The van der Waals surface area contributed by atoms with E-state index in [0.717, 1.165) is 45.3 Å². The van der Waals surface area contributed by atoms with Gasteiger partial charge < -0.3 is 15.1 Å². The molecule has 9 heteroatoms. The van der Waals surface area contributed by atoms with Crippen molar-refractivity contribution in [3.05, 3.63) is 16.4 Å². The minimum Gasteiger partial charge on any atom is -0.355 e. The topological polar surface area (TPSA) is 112 Å². The van der Waals surface area contributed by atoms with Gasteiger partial charge in [0.1, 0.15) is 0 Å². The molecule has 24 heavy (non-hydrogen) atoms. The van der Waals surface area contributed by atoms with Gasteiger partial charge in [0.2, 0.25) is 5.91 Å². The number of nitrogens with one attached hydrogen (secondary N) is 2. The SMILES string of the molecule is O=C(NCCc1noc(=O)[nH]1)C1CCCN(C(=O)N2CCCC2)C1. The molecule has 0 aromatic carbocycles. The van der Waals surface area contributed by atoms with Crippen LogP contribution in [0.3, 0.4) is 0 Å². The number of aromatic amines is 1. The second-order valence-electron chi connectivity index (χ2n) is 6.34. The molecule has 9 nitrogen and oxygen atoms in total. The van der Waals surface area contributed by atoms with Crippen molar-refractivity contribution in [2.75, 3.05) is 32.7 Å². The lowest BCUT2D eigenvalue weighted by molar-refractivity contribution is -0.126. The molecule has 2 saturated heterocycles. The number of piperidine rings is 1. The second kappa shape index (κ2) is 7.50. The van der Waals surface area contributed by atoms with E-state index in [-0.39, 0.29) is 17.9 Å². The average molecular weight is 337 g/mol. The fourth-order valence-corrected chi connectivity index (χ4v) is 3.29. The summed E-state index contributed by atoms with van der Waals surface area (Å²) < 4.78 is 4.40. The summed E-state index contributed by atoms with van der Waals surface area (Å²) >= 11 is 0. The molecular weight excluding hydrogens is 314 g/mol. The summed E-state index contributed by atoms with van der Waals surface area (Å²) in [5.41, 5.74) is 0. The number of hydrogen-bond donors (Lipinski definition) is 2. The molecule has 1 unspecified atom stereocenters.